The van der Waals surface area contributed by atoms with Crippen molar-refractivity contribution in [2.24, 2.45) is 11.8 Å². The van der Waals surface area contributed by atoms with Crippen LogP contribution >= 0.6 is 15.9 Å². The summed E-state index contributed by atoms with van der Waals surface area (Å²) in [4.78, 5) is 41.1. The van der Waals surface area contributed by atoms with Crippen LogP contribution in [0.4, 0.5) is 0 Å². The van der Waals surface area contributed by atoms with E-state index in [1.807, 2.05) is 107 Å². The van der Waals surface area contributed by atoms with Crippen LogP contribution < -0.4 is 5.46 Å². The number of aryl methyl sites for hydroxylation is 2. The van der Waals surface area contributed by atoms with Gasteiger partial charge in [-0.3, -0.25) is 14.4 Å². The van der Waals surface area contributed by atoms with Crippen molar-refractivity contribution < 1.29 is 63.4 Å². The number of amides is 2. The SMILES string of the molecule is CC(C)N1CCc2ccc(B3OC(C)(C)C(C)(C)O3)cc2C1=O.CCC1O[C@H]([C@H](C)c2ccc(Br)cc2C)C(OC(C)=O)[C@@H](C)[C@@H]1C.Cc1cc(-c2ccc3c(c2)C(=O)N(C(C)C)CC3)ccc1[C@@H](O)[C@H]1OC(CO)[C@@H](O)[C@H](O)C1O. The Morgan fingerprint density at radius 3 is 1.75 bits per heavy atom. The molecule has 4 unspecified atom stereocenters. The molecule has 3 fully saturated rings. The minimum Gasteiger partial charge on any atom is -0.459 e. The highest BCUT2D eigenvalue weighted by Crippen LogP contribution is 2.42. The molecule has 3 saturated heterocycles. The summed E-state index contributed by atoms with van der Waals surface area (Å²) in [5.74, 6) is 0.711. The van der Waals surface area contributed by atoms with Gasteiger partial charge in [0.2, 0.25) is 0 Å². The lowest BCUT2D eigenvalue weighted by atomic mass is 9.76. The Bertz CT molecular complexity index is 2860. The van der Waals surface area contributed by atoms with Crippen molar-refractivity contribution in [1.82, 2.24) is 9.80 Å². The van der Waals surface area contributed by atoms with Crippen LogP contribution in [0.3, 0.4) is 0 Å². The minimum atomic E-state index is -1.55. The largest absolute Gasteiger partial charge is 0.494 e. The first kappa shape index (κ1) is 64.0. The van der Waals surface area contributed by atoms with E-state index in [9.17, 15) is 39.9 Å². The number of hydrogen-bond donors (Lipinski definition) is 5. The molecule has 0 saturated carbocycles. The number of fused-ring (bicyclic) bond motifs is 2. The molecule has 0 aliphatic carbocycles. The molecule has 17 heteroatoms. The van der Waals surface area contributed by atoms with Crippen molar-refractivity contribution in [2.45, 2.75) is 207 Å². The maximum absolute atomic E-state index is 13.0. The third kappa shape index (κ3) is 13.7. The molecular formula is C64H88BBrN2O13. The molecule has 5 N–H and O–H groups in total. The molecule has 442 valence electrons. The van der Waals surface area contributed by atoms with Gasteiger partial charge in [-0.1, -0.05) is 92.2 Å². The van der Waals surface area contributed by atoms with Crippen molar-refractivity contribution in [3.63, 3.8) is 0 Å². The molecule has 5 aliphatic heterocycles. The van der Waals surface area contributed by atoms with Crippen molar-refractivity contribution in [2.75, 3.05) is 19.7 Å². The topological polar surface area (TPSA) is 205 Å². The van der Waals surface area contributed by atoms with E-state index in [0.29, 0.717) is 23.6 Å². The van der Waals surface area contributed by atoms with Crippen LogP contribution in [0.5, 0.6) is 0 Å². The Labute approximate surface area is 488 Å². The Morgan fingerprint density at radius 1 is 0.704 bits per heavy atom. The summed E-state index contributed by atoms with van der Waals surface area (Å²) in [5.41, 5.74) is 9.28. The van der Waals surface area contributed by atoms with Gasteiger partial charge in [-0.2, -0.15) is 0 Å². The molecule has 0 spiro atoms. The van der Waals surface area contributed by atoms with E-state index in [1.165, 1.54) is 18.1 Å². The van der Waals surface area contributed by atoms with Crippen LogP contribution in [0.2, 0.25) is 0 Å². The van der Waals surface area contributed by atoms with E-state index in [4.69, 9.17) is 23.5 Å². The van der Waals surface area contributed by atoms with E-state index in [2.05, 4.69) is 82.6 Å². The van der Waals surface area contributed by atoms with Crippen LogP contribution in [0.1, 0.15) is 163 Å². The van der Waals surface area contributed by atoms with Gasteiger partial charge in [0, 0.05) is 59.5 Å². The third-order valence-corrected chi connectivity index (χ3v) is 18.4. The number of rotatable bonds is 11. The average Bonchev–Trinajstić information content (AvgIpc) is 3.66. The standard InChI is InChI=1S/C26H33NO7.C20H29BrO3.C18H26BNO3/c1-13(2)27-9-8-15-4-5-17(11-19(15)26(27)33)16-6-7-18(14(3)10-16)21(29)25-24(32)23(31)22(30)20(12-28)34-25;1-7-18-12(3)13(4)19(23-15(6)22)20(24-18)14(5)17-9-8-16(21)10-11(17)2;1-12(2)20-10-9-13-7-8-14(11-15(13)16(20)21)19-22-17(3,4)18(5,6)23-19/h4-7,10-11,13,20-25,28-32H,8-9,12H2,1-3H3;8-10,12-14,18-20H,7H2,1-6H3;7-8,11-12H,9-10H2,1-6H3/t20?,21-,22-,23+,24?,25-;12-,13-,14+,18?,19?,20+;/m10./s1. The normalized spacial score (nSPS) is 27.6. The van der Waals surface area contributed by atoms with Crippen molar-refractivity contribution in [1.29, 1.82) is 0 Å². The number of esters is 1. The Balaban J connectivity index is 0.000000180. The van der Waals surface area contributed by atoms with E-state index >= 15 is 0 Å². The van der Waals surface area contributed by atoms with Crippen molar-refractivity contribution in [3.8, 4) is 11.1 Å². The second-order valence-corrected chi connectivity index (χ2v) is 25.4. The fourth-order valence-corrected chi connectivity index (χ4v) is 12.4. The number of halogens is 1. The summed E-state index contributed by atoms with van der Waals surface area (Å²) in [6.07, 6.45) is -5.58. The van der Waals surface area contributed by atoms with E-state index in [0.717, 1.165) is 69.1 Å². The zero-order valence-corrected chi connectivity index (χ0v) is 51.7. The summed E-state index contributed by atoms with van der Waals surface area (Å²) in [5, 5.41) is 50.8. The summed E-state index contributed by atoms with van der Waals surface area (Å²) >= 11 is 3.52. The lowest BCUT2D eigenvalue weighted by Crippen LogP contribution is -2.59. The molecule has 2 amide bonds. The van der Waals surface area contributed by atoms with Gasteiger partial charge in [0.1, 0.15) is 48.8 Å². The number of benzene rings is 4. The van der Waals surface area contributed by atoms with Gasteiger partial charge >= 0.3 is 13.1 Å². The van der Waals surface area contributed by atoms with Gasteiger partial charge in [0.05, 0.1) is 23.9 Å². The molecule has 5 aliphatic rings. The molecule has 5 heterocycles. The lowest BCUT2D eigenvalue weighted by molar-refractivity contribution is -0.250. The molecule has 0 aromatic heterocycles. The van der Waals surface area contributed by atoms with Crippen molar-refractivity contribution in [3.05, 3.63) is 122 Å². The van der Waals surface area contributed by atoms with Crippen LogP contribution in [-0.4, -0.2) is 152 Å². The van der Waals surface area contributed by atoms with Gasteiger partial charge in [-0.15, -0.1) is 0 Å². The second-order valence-electron chi connectivity index (χ2n) is 24.5. The predicted octanol–water partition coefficient (Wildman–Crippen LogP) is 8.58. The highest BCUT2D eigenvalue weighted by atomic mass is 79.9. The number of aliphatic hydroxyl groups is 5. The van der Waals surface area contributed by atoms with E-state index < -0.39 is 50.3 Å². The summed E-state index contributed by atoms with van der Waals surface area (Å²) in [6, 6.07) is 24.0. The zero-order valence-electron chi connectivity index (χ0n) is 50.1. The molecule has 0 radical (unpaired) electrons. The summed E-state index contributed by atoms with van der Waals surface area (Å²) in [7, 11) is -0.424. The van der Waals surface area contributed by atoms with Gasteiger partial charge in [0.25, 0.3) is 11.8 Å². The van der Waals surface area contributed by atoms with E-state index in [-0.39, 0.29) is 71.2 Å². The first-order valence-corrected chi connectivity index (χ1v) is 29.7. The number of hydrogen-bond acceptors (Lipinski definition) is 13. The van der Waals surface area contributed by atoms with E-state index in [1.54, 1.807) is 6.07 Å². The predicted molar refractivity (Wildman–Crippen MR) is 317 cm³/mol. The van der Waals surface area contributed by atoms with Gasteiger partial charge in [-0.05, 0) is 169 Å². The zero-order chi connectivity index (χ0) is 59.7. The average molecular weight is 1180 g/mol. The van der Waals surface area contributed by atoms with Crippen LogP contribution in [0.25, 0.3) is 11.1 Å². The lowest BCUT2D eigenvalue weighted by Gasteiger charge is -2.46. The number of carbonyl (C=O) groups is 3. The molecule has 9 rings (SSSR count). The monoisotopic (exact) mass is 1180 g/mol. The van der Waals surface area contributed by atoms with Gasteiger partial charge in [0.15, 0.2) is 0 Å². The molecular weight excluding hydrogens is 1100 g/mol. The molecule has 0 bridgehead atoms. The number of nitrogens with zero attached hydrogens (tertiary/aromatic N) is 2. The fraction of sp³-hybridized carbons (Fsp3) is 0.578. The smallest absolute Gasteiger partial charge is 0.459 e. The Morgan fingerprint density at radius 2 is 1.22 bits per heavy atom. The summed E-state index contributed by atoms with van der Waals surface area (Å²) < 4.78 is 31.0. The first-order chi connectivity index (χ1) is 38.0. The van der Waals surface area contributed by atoms with Crippen LogP contribution in [-0.2, 0) is 41.2 Å². The number of ether oxygens (including phenoxy) is 3. The van der Waals surface area contributed by atoms with Crippen molar-refractivity contribution >= 4 is 46.3 Å². The second kappa shape index (κ2) is 26.2. The summed E-state index contributed by atoms with van der Waals surface area (Å²) in [6.45, 7) is 31.4. The van der Waals surface area contributed by atoms with Gasteiger partial charge < -0.3 is 58.9 Å². The highest BCUT2D eigenvalue weighted by molar-refractivity contribution is 9.10. The number of carbonyl (C=O) groups excluding carboxylic acids is 3. The van der Waals surface area contributed by atoms with Crippen LogP contribution in [0, 0.1) is 25.7 Å². The molecule has 4 aromatic carbocycles. The van der Waals surface area contributed by atoms with Gasteiger partial charge in [-0.25, -0.2) is 0 Å². The molecule has 81 heavy (non-hydrogen) atoms. The quantitative estimate of drug-likeness (QED) is 0.0706. The number of aliphatic hydroxyl groups excluding tert-OH is 5. The maximum Gasteiger partial charge on any atom is 0.494 e. The fourth-order valence-electron chi connectivity index (χ4n) is 11.9. The minimum absolute atomic E-state index is 0.0319. The molecule has 4 aromatic rings. The third-order valence-electron chi connectivity index (χ3n) is 17.9. The van der Waals surface area contributed by atoms with Crippen LogP contribution in [0.15, 0.2) is 77.3 Å². The Hall–Kier alpha value is -4.53. The molecule has 15 nitrogen and oxygen atoms in total. The highest BCUT2D eigenvalue weighted by Gasteiger charge is 2.52. The molecule has 12 atom stereocenters. The Kier molecular flexibility index (Phi) is 20.7. The first-order valence-electron chi connectivity index (χ1n) is 28.9. The maximum atomic E-state index is 13.0.